The van der Waals surface area contributed by atoms with Crippen LogP contribution in [0.3, 0.4) is 0 Å². The van der Waals surface area contributed by atoms with Gasteiger partial charge in [0.05, 0.1) is 11.1 Å². The summed E-state index contributed by atoms with van der Waals surface area (Å²) < 4.78 is 18.9. The average Bonchev–Trinajstić information content (AvgIpc) is 2.48. The van der Waals surface area contributed by atoms with Crippen LogP contribution in [-0.4, -0.2) is 36.2 Å². The SMILES string of the molecule is O=C(NC(C(=O)O)C1CCCOC1)c1ccc(Br)c(F)c1. The largest absolute Gasteiger partial charge is 0.480 e. The quantitative estimate of drug-likeness (QED) is 0.863. The molecule has 0 saturated carbocycles. The van der Waals surface area contributed by atoms with Crippen LogP contribution in [0.15, 0.2) is 22.7 Å². The number of amides is 1. The zero-order valence-electron chi connectivity index (χ0n) is 11.1. The van der Waals surface area contributed by atoms with Gasteiger partial charge in [0.15, 0.2) is 0 Å². The maximum Gasteiger partial charge on any atom is 0.326 e. The number of halogens is 2. The van der Waals surface area contributed by atoms with E-state index in [2.05, 4.69) is 21.2 Å². The van der Waals surface area contributed by atoms with Crippen molar-refractivity contribution in [2.24, 2.45) is 5.92 Å². The minimum atomic E-state index is -1.11. The second-order valence-electron chi connectivity index (χ2n) is 4.90. The fraction of sp³-hybridized carbons (Fsp3) is 0.429. The van der Waals surface area contributed by atoms with Crippen LogP contribution in [0.25, 0.3) is 0 Å². The van der Waals surface area contributed by atoms with Gasteiger partial charge in [-0.05, 0) is 47.0 Å². The minimum absolute atomic E-state index is 0.0821. The van der Waals surface area contributed by atoms with Gasteiger partial charge in [0, 0.05) is 18.1 Å². The molecule has 2 rings (SSSR count). The Labute approximate surface area is 129 Å². The normalized spacial score (nSPS) is 19.8. The number of carboxylic acid groups (broad SMARTS) is 1. The first-order chi connectivity index (χ1) is 9.99. The van der Waals surface area contributed by atoms with E-state index in [1.807, 2.05) is 0 Å². The topological polar surface area (TPSA) is 75.6 Å². The number of rotatable bonds is 4. The van der Waals surface area contributed by atoms with Crippen LogP contribution in [0.1, 0.15) is 23.2 Å². The molecule has 7 heteroatoms. The number of ether oxygens (including phenoxy) is 1. The molecule has 2 N–H and O–H groups in total. The van der Waals surface area contributed by atoms with Crippen LogP contribution in [0.5, 0.6) is 0 Å². The Morgan fingerprint density at radius 1 is 1.48 bits per heavy atom. The predicted molar refractivity (Wildman–Crippen MR) is 76.5 cm³/mol. The fourth-order valence-electron chi connectivity index (χ4n) is 2.27. The first kappa shape index (κ1) is 15.9. The zero-order chi connectivity index (χ0) is 15.4. The van der Waals surface area contributed by atoms with Crippen molar-refractivity contribution in [3.05, 3.63) is 34.1 Å². The third kappa shape index (κ3) is 4.01. The molecule has 1 saturated heterocycles. The average molecular weight is 360 g/mol. The lowest BCUT2D eigenvalue weighted by atomic mass is 9.93. The molecule has 1 amide bonds. The van der Waals surface area contributed by atoms with E-state index in [1.54, 1.807) is 0 Å². The van der Waals surface area contributed by atoms with Gasteiger partial charge in [0.25, 0.3) is 5.91 Å². The van der Waals surface area contributed by atoms with Crippen LogP contribution in [-0.2, 0) is 9.53 Å². The maximum absolute atomic E-state index is 13.4. The molecule has 0 bridgehead atoms. The summed E-state index contributed by atoms with van der Waals surface area (Å²) in [7, 11) is 0. The fourth-order valence-corrected chi connectivity index (χ4v) is 2.52. The van der Waals surface area contributed by atoms with E-state index in [4.69, 9.17) is 4.74 Å². The lowest BCUT2D eigenvalue weighted by Gasteiger charge is -2.28. The molecule has 1 aliphatic rings. The van der Waals surface area contributed by atoms with Gasteiger partial charge in [-0.2, -0.15) is 0 Å². The molecule has 1 aromatic rings. The minimum Gasteiger partial charge on any atom is -0.480 e. The Morgan fingerprint density at radius 3 is 2.81 bits per heavy atom. The third-order valence-corrected chi connectivity index (χ3v) is 4.04. The number of hydrogen-bond donors (Lipinski definition) is 2. The van der Waals surface area contributed by atoms with Gasteiger partial charge in [-0.15, -0.1) is 0 Å². The molecule has 0 spiro atoms. The number of nitrogens with one attached hydrogen (secondary N) is 1. The summed E-state index contributed by atoms with van der Waals surface area (Å²) in [6, 6.07) is 2.86. The number of aliphatic carboxylic acids is 1. The summed E-state index contributed by atoms with van der Waals surface area (Å²) in [5.41, 5.74) is 0.0821. The van der Waals surface area contributed by atoms with Crippen molar-refractivity contribution in [3.8, 4) is 0 Å². The van der Waals surface area contributed by atoms with E-state index in [0.717, 1.165) is 12.5 Å². The lowest BCUT2D eigenvalue weighted by molar-refractivity contribution is -0.142. The standard InChI is InChI=1S/C14H15BrFNO4/c15-10-4-3-8(6-11(10)16)13(18)17-12(14(19)20)9-2-1-5-21-7-9/h3-4,6,9,12H,1-2,5,7H2,(H,17,18)(H,19,20). The molecule has 1 aliphatic heterocycles. The smallest absolute Gasteiger partial charge is 0.326 e. The van der Waals surface area contributed by atoms with Gasteiger partial charge in [-0.3, -0.25) is 4.79 Å². The number of carbonyl (C=O) groups is 2. The first-order valence-corrected chi connectivity index (χ1v) is 7.35. The first-order valence-electron chi connectivity index (χ1n) is 6.55. The molecule has 1 aromatic carbocycles. The van der Waals surface area contributed by atoms with Crippen molar-refractivity contribution < 1.29 is 23.8 Å². The third-order valence-electron chi connectivity index (χ3n) is 3.40. The highest BCUT2D eigenvalue weighted by molar-refractivity contribution is 9.10. The number of benzene rings is 1. The van der Waals surface area contributed by atoms with Crippen molar-refractivity contribution in [2.45, 2.75) is 18.9 Å². The van der Waals surface area contributed by atoms with Crippen molar-refractivity contribution in [3.63, 3.8) is 0 Å². The monoisotopic (exact) mass is 359 g/mol. The number of carboxylic acids is 1. The number of carbonyl (C=O) groups excluding carboxylic acids is 1. The Kier molecular flexibility index (Phi) is 5.30. The van der Waals surface area contributed by atoms with E-state index in [0.29, 0.717) is 19.6 Å². The molecule has 2 unspecified atom stereocenters. The highest BCUT2D eigenvalue weighted by Gasteiger charge is 2.31. The van der Waals surface area contributed by atoms with E-state index < -0.39 is 23.7 Å². The van der Waals surface area contributed by atoms with Gasteiger partial charge in [-0.25, -0.2) is 9.18 Å². The van der Waals surface area contributed by atoms with Crippen LogP contribution >= 0.6 is 15.9 Å². The zero-order valence-corrected chi connectivity index (χ0v) is 12.7. The van der Waals surface area contributed by atoms with Crippen LogP contribution in [0.4, 0.5) is 4.39 Å². The summed E-state index contributed by atoms with van der Waals surface area (Å²) in [6.45, 7) is 0.903. The second-order valence-corrected chi connectivity index (χ2v) is 5.75. The lowest BCUT2D eigenvalue weighted by Crippen LogP contribution is -2.48. The van der Waals surface area contributed by atoms with E-state index >= 15 is 0 Å². The van der Waals surface area contributed by atoms with E-state index in [9.17, 15) is 19.1 Å². The van der Waals surface area contributed by atoms with Crippen molar-refractivity contribution in [2.75, 3.05) is 13.2 Å². The van der Waals surface area contributed by atoms with Crippen molar-refractivity contribution in [1.29, 1.82) is 0 Å². The molecule has 1 heterocycles. The Bertz CT molecular complexity index is 546. The summed E-state index contributed by atoms with van der Waals surface area (Å²) in [4.78, 5) is 23.4. The highest BCUT2D eigenvalue weighted by Crippen LogP contribution is 2.19. The molecule has 0 aliphatic carbocycles. The number of hydrogen-bond acceptors (Lipinski definition) is 3. The molecule has 1 fully saturated rings. The molecule has 21 heavy (non-hydrogen) atoms. The molecular formula is C14H15BrFNO4. The Hall–Kier alpha value is -1.47. The van der Waals surface area contributed by atoms with Gasteiger partial charge < -0.3 is 15.2 Å². The molecule has 0 radical (unpaired) electrons. The Morgan fingerprint density at radius 2 is 2.24 bits per heavy atom. The highest BCUT2D eigenvalue weighted by atomic mass is 79.9. The summed E-state index contributed by atoms with van der Waals surface area (Å²) in [6.07, 6.45) is 1.43. The van der Waals surface area contributed by atoms with Gasteiger partial charge in [-0.1, -0.05) is 0 Å². The van der Waals surface area contributed by atoms with Crippen molar-refractivity contribution >= 4 is 27.8 Å². The van der Waals surface area contributed by atoms with E-state index in [1.165, 1.54) is 12.1 Å². The summed E-state index contributed by atoms with van der Waals surface area (Å²) in [5, 5.41) is 11.7. The molecule has 5 nitrogen and oxygen atoms in total. The van der Waals surface area contributed by atoms with Crippen molar-refractivity contribution in [1.82, 2.24) is 5.32 Å². The molecule has 0 aromatic heterocycles. The molecular weight excluding hydrogens is 345 g/mol. The predicted octanol–water partition coefficient (Wildman–Crippen LogP) is 2.20. The van der Waals surface area contributed by atoms with Gasteiger partial charge >= 0.3 is 5.97 Å². The van der Waals surface area contributed by atoms with Crippen LogP contribution < -0.4 is 5.32 Å². The molecule has 114 valence electrons. The van der Waals surface area contributed by atoms with E-state index in [-0.39, 0.29) is 16.0 Å². The molecule has 2 atom stereocenters. The summed E-state index contributed by atoms with van der Waals surface area (Å²) in [5.74, 6) is -2.58. The summed E-state index contributed by atoms with van der Waals surface area (Å²) >= 11 is 3.00. The van der Waals surface area contributed by atoms with Crippen LogP contribution in [0.2, 0.25) is 0 Å². The van der Waals surface area contributed by atoms with Crippen LogP contribution in [0, 0.1) is 11.7 Å². The Balaban J connectivity index is 2.10. The van der Waals surface area contributed by atoms with Gasteiger partial charge in [0.1, 0.15) is 11.9 Å². The second kappa shape index (κ2) is 7.00. The maximum atomic E-state index is 13.4. The van der Waals surface area contributed by atoms with Gasteiger partial charge in [0.2, 0.25) is 0 Å².